The lowest BCUT2D eigenvalue weighted by molar-refractivity contribution is 0.0934. The first-order chi connectivity index (χ1) is 10.1. The number of nitrogens with one attached hydrogen (secondary N) is 1. The van der Waals surface area contributed by atoms with Crippen LogP contribution in [0, 0.1) is 13.8 Å². The maximum absolute atomic E-state index is 12.5. The summed E-state index contributed by atoms with van der Waals surface area (Å²) in [4.78, 5) is 12.5. The van der Waals surface area contributed by atoms with Crippen LogP contribution in [0.25, 0.3) is 0 Å². The fourth-order valence-corrected chi connectivity index (χ4v) is 3.66. The second-order valence-electron chi connectivity index (χ2n) is 6.43. The number of aryl methyl sites for hydroxylation is 1. The Morgan fingerprint density at radius 3 is 2.43 bits per heavy atom. The molecule has 21 heavy (non-hydrogen) atoms. The van der Waals surface area contributed by atoms with Crippen molar-refractivity contribution < 1.29 is 4.79 Å². The molecule has 118 valence electrons. The number of hydrogen-bond acceptors (Lipinski definition) is 1. The Labute approximate surface area is 129 Å². The highest BCUT2D eigenvalue weighted by atomic mass is 16.1. The van der Waals surface area contributed by atoms with Crippen LogP contribution in [0.5, 0.6) is 0 Å². The minimum absolute atomic E-state index is 0.0962. The van der Waals surface area contributed by atoms with E-state index in [1.165, 1.54) is 37.8 Å². The lowest BCUT2D eigenvalue weighted by Gasteiger charge is -2.26. The SMILES string of the molecule is CCC(CC)NC(=O)c1cc(C)n(C2CCCCC2)c1C. The van der Waals surface area contributed by atoms with Gasteiger partial charge in [0.15, 0.2) is 0 Å². The number of rotatable bonds is 5. The summed E-state index contributed by atoms with van der Waals surface area (Å²) >= 11 is 0. The van der Waals surface area contributed by atoms with Crippen LogP contribution in [-0.4, -0.2) is 16.5 Å². The van der Waals surface area contributed by atoms with Crippen LogP contribution in [0.4, 0.5) is 0 Å². The maximum Gasteiger partial charge on any atom is 0.253 e. The Kier molecular flexibility index (Phi) is 5.49. The van der Waals surface area contributed by atoms with Crippen molar-refractivity contribution >= 4 is 5.91 Å². The number of carbonyl (C=O) groups is 1. The molecule has 1 aliphatic rings. The summed E-state index contributed by atoms with van der Waals surface area (Å²) < 4.78 is 2.40. The molecule has 1 heterocycles. The summed E-state index contributed by atoms with van der Waals surface area (Å²) in [5.74, 6) is 0.0962. The van der Waals surface area contributed by atoms with Gasteiger partial charge in [0.05, 0.1) is 5.56 Å². The van der Waals surface area contributed by atoms with Crippen molar-refractivity contribution in [2.24, 2.45) is 0 Å². The van der Waals surface area contributed by atoms with Gasteiger partial charge < -0.3 is 9.88 Å². The summed E-state index contributed by atoms with van der Waals surface area (Å²) in [5, 5.41) is 3.16. The first kappa shape index (κ1) is 16.1. The van der Waals surface area contributed by atoms with Crippen molar-refractivity contribution in [3.63, 3.8) is 0 Å². The van der Waals surface area contributed by atoms with Crippen LogP contribution in [-0.2, 0) is 0 Å². The van der Waals surface area contributed by atoms with Gasteiger partial charge >= 0.3 is 0 Å². The quantitative estimate of drug-likeness (QED) is 0.849. The van der Waals surface area contributed by atoms with Crippen molar-refractivity contribution in [2.75, 3.05) is 0 Å². The van der Waals surface area contributed by atoms with Crippen LogP contribution in [0.2, 0.25) is 0 Å². The molecular formula is C18H30N2O. The number of nitrogens with zero attached hydrogens (tertiary/aromatic N) is 1. The zero-order valence-electron chi connectivity index (χ0n) is 14.0. The molecule has 0 aromatic carbocycles. The van der Waals surface area contributed by atoms with Gasteiger partial charge in [0.1, 0.15) is 0 Å². The summed E-state index contributed by atoms with van der Waals surface area (Å²) in [6, 6.07) is 2.95. The molecule has 1 amide bonds. The lowest BCUT2D eigenvalue weighted by atomic mass is 9.95. The Hall–Kier alpha value is -1.25. The maximum atomic E-state index is 12.5. The molecule has 1 aliphatic carbocycles. The van der Waals surface area contributed by atoms with Gasteiger partial charge in [-0.1, -0.05) is 33.1 Å². The first-order valence-electron chi connectivity index (χ1n) is 8.57. The van der Waals surface area contributed by atoms with Crippen molar-refractivity contribution in [2.45, 2.75) is 84.7 Å². The molecule has 0 saturated heterocycles. The predicted molar refractivity (Wildman–Crippen MR) is 87.9 cm³/mol. The Morgan fingerprint density at radius 2 is 1.86 bits per heavy atom. The Bertz CT molecular complexity index is 480. The molecule has 2 rings (SSSR count). The van der Waals surface area contributed by atoms with Crippen molar-refractivity contribution in [1.82, 2.24) is 9.88 Å². The highest BCUT2D eigenvalue weighted by molar-refractivity contribution is 5.95. The van der Waals surface area contributed by atoms with E-state index >= 15 is 0 Å². The molecule has 1 aromatic heterocycles. The summed E-state index contributed by atoms with van der Waals surface area (Å²) in [7, 11) is 0. The highest BCUT2D eigenvalue weighted by Gasteiger charge is 2.23. The Morgan fingerprint density at radius 1 is 1.24 bits per heavy atom. The molecule has 0 atom stereocenters. The number of hydrogen-bond donors (Lipinski definition) is 1. The minimum atomic E-state index is 0.0962. The molecule has 3 heteroatoms. The predicted octanol–water partition coefficient (Wildman–Crippen LogP) is 4.53. The number of aromatic nitrogens is 1. The average Bonchev–Trinajstić information content (AvgIpc) is 2.80. The second kappa shape index (κ2) is 7.15. The third-order valence-electron chi connectivity index (χ3n) is 4.99. The van der Waals surface area contributed by atoms with E-state index in [0.29, 0.717) is 6.04 Å². The van der Waals surface area contributed by atoms with Gasteiger partial charge in [-0.15, -0.1) is 0 Å². The van der Waals surface area contributed by atoms with E-state index in [1.807, 2.05) is 0 Å². The molecule has 0 spiro atoms. The smallest absolute Gasteiger partial charge is 0.253 e. The van der Waals surface area contributed by atoms with Crippen LogP contribution in [0.15, 0.2) is 6.07 Å². The fourth-order valence-electron chi connectivity index (χ4n) is 3.66. The second-order valence-corrected chi connectivity index (χ2v) is 6.43. The third kappa shape index (κ3) is 3.50. The monoisotopic (exact) mass is 290 g/mol. The third-order valence-corrected chi connectivity index (χ3v) is 4.99. The molecule has 3 nitrogen and oxygen atoms in total. The molecule has 0 bridgehead atoms. The Balaban J connectivity index is 2.19. The number of carbonyl (C=O) groups excluding carboxylic acids is 1. The van der Waals surface area contributed by atoms with E-state index in [4.69, 9.17) is 0 Å². The van der Waals surface area contributed by atoms with E-state index in [-0.39, 0.29) is 11.9 Å². The highest BCUT2D eigenvalue weighted by Crippen LogP contribution is 2.32. The van der Waals surface area contributed by atoms with Gasteiger partial charge in [-0.3, -0.25) is 4.79 Å². The average molecular weight is 290 g/mol. The van der Waals surface area contributed by atoms with Gasteiger partial charge in [0, 0.05) is 23.5 Å². The van der Waals surface area contributed by atoms with E-state index in [9.17, 15) is 4.79 Å². The first-order valence-corrected chi connectivity index (χ1v) is 8.57. The van der Waals surface area contributed by atoms with Gasteiger partial charge in [-0.25, -0.2) is 0 Å². The molecular weight excluding hydrogens is 260 g/mol. The molecule has 1 fully saturated rings. The van der Waals surface area contributed by atoms with Crippen molar-refractivity contribution in [3.05, 3.63) is 23.0 Å². The molecule has 1 N–H and O–H groups in total. The fraction of sp³-hybridized carbons (Fsp3) is 0.722. The van der Waals surface area contributed by atoms with Crippen LogP contribution >= 0.6 is 0 Å². The molecule has 0 radical (unpaired) electrons. The molecule has 1 saturated carbocycles. The largest absolute Gasteiger partial charge is 0.349 e. The van der Waals surface area contributed by atoms with E-state index in [1.54, 1.807) is 0 Å². The van der Waals surface area contributed by atoms with Gasteiger partial charge in [0.2, 0.25) is 0 Å². The summed E-state index contributed by atoms with van der Waals surface area (Å²) in [5.41, 5.74) is 3.24. The zero-order valence-corrected chi connectivity index (χ0v) is 14.0. The molecule has 1 aromatic rings. The summed E-state index contributed by atoms with van der Waals surface area (Å²) in [6.07, 6.45) is 8.48. The van der Waals surface area contributed by atoms with Crippen LogP contribution in [0.3, 0.4) is 0 Å². The van der Waals surface area contributed by atoms with E-state index < -0.39 is 0 Å². The van der Waals surface area contributed by atoms with Crippen LogP contribution in [0.1, 0.15) is 86.6 Å². The standard InChI is InChI=1S/C18H30N2O/c1-5-15(6-2)19-18(21)17-12-13(3)20(14(17)4)16-10-8-7-9-11-16/h12,15-16H,5-11H2,1-4H3,(H,19,21). The topological polar surface area (TPSA) is 34.0 Å². The van der Waals surface area contributed by atoms with E-state index in [2.05, 4.69) is 43.6 Å². The van der Waals surface area contributed by atoms with Crippen molar-refractivity contribution in [3.8, 4) is 0 Å². The normalized spacial score (nSPS) is 16.4. The lowest BCUT2D eigenvalue weighted by Crippen LogP contribution is -2.34. The van der Waals surface area contributed by atoms with Crippen molar-refractivity contribution in [1.29, 1.82) is 0 Å². The van der Waals surface area contributed by atoms with Gasteiger partial charge in [-0.2, -0.15) is 0 Å². The molecule has 0 aliphatic heterocycles. The van der Waals surface area contributed by atoms with E-state index in [0.717, 1.165) is 24.1 Å². The molecule has 0 unspecified atom stereocenters. The van der Waals surface area contributed by atoms with Crippen LogP contribution < -0.4 is 5.32 Å². The summed E-state index contributed by atoms with van der Waals surface area (Å²) in [6.45, 7) is 8.48. The van der Waals surface area contributed by atoms with Gasteiger partial charge in [-0.05, 0) is 45.6 Å². The number of amides is 1. The van der Waals surface area contributed by atoms with Gasteiger partial charge in [0.25, 0.3) is 5.91 Å². The zero-order chi connectivity index (χ0) is 15.4. The minimum Gasteiger partial charge on any atom is -0.349 e.